The van der Waals surface area contributed by atoms with E-state index in [4.69, 9.17) is 46.9 Å². The molecule has 0 spiro atoms. The second kappa shape index (κ2) is 19.2. The summed E-state index contributed by atoms with van der Waals surface area (Å²) in [4.78, 5) is 31.7. The van der Waals surface area contributed by atoms with Crippen LogP contribution in [-0.4, -0.2) is 102 Å². The molecule has 19 heteroatoms. The molecule has 0 radical (unpaired) electrons. The highest BCUT2D eigenvalue weighted by Crippen LogP contribution is 2.39. The Labute approximate surface area is 342 Å². The van der Waals surface area contributed by atoms with Gasteiger partial charge in [0.05, 0.1) is 31.5 Å². The van der Waals surface area contributed by atoms with E-state index in [9.17, 15) is 32.3 Å². The summed E-state index contributed by atoms with van der Waals surface area (Å²) in [5.74, 6) is -1.35. The molecule has 2 fully saturated rings. The third-order valence-electron chi connectivity index (χ3n) is 9.29. The standard InChI is InChI=1S/C38H46Cl2F2N4O10S/c1-38(2,3)56-36(48)30(44-14-12-43(4)13-15-44)21-46(57(50)51)29-16-25(9-10-31(29)52-5)35(47)54-33(18-26-27(39)19-45(49)20-28(26)40)24-8-11-32(55-37(41)42)34(17-24)53-22-23-6-7-23/h8-11,16-17,19-20,23,30,33,37H,6-7,12-15,18,21-22H2,1-5H3,(H,50,51). The van der Waals surface area contributed by atoms with Gasteiger partial charge in [0.25, 0.3) is 11.3 Å². The highest BCUT2D eigenvalue weighted by atomic mass is 35.5. The number of benzene rings is 2. The van der Waals surface area contributed by atoms with Gasteiger partial charge in [0, 0.05) is 38.2 Å². The lowest BCUT2D eigenvalue weighted by Gasteiger charge is -2.39. The molecule has 2 aromatic carbocycles. The Hall–Kier alpha value is -4.00. The van der Waals surface area contributed by atoms with E-state index in [2.05, 4.69) is 4.90 Å². The van der Waals surface area contributed by atoms with Crippen molar-refractivity contribution >= 4 is 52.1 Å². The van der Waals surface area contributed by atoms with Gasteiger partial charge in [0.1, 0.15) is 33.5 Å². The number of halogens is 4. The van der Waals surface area contributed by atoms with Crippen LogP contribution in [0, 0.1) is 11.1 Å². The predicted octanol–water partition coefficient (Wildman–Crippen LogP) is 6.07. The zero-order chi connectivity index (χ0) is 41.6. The Bertz CT molecular complexity index is 1910. The number of hydrogen-bond acceptors (Lipinski definition) is 11. The quantitative estimate of drug-likeness (QED) is 0.0726. The number of alkyl halides is 2. The normalized spacial score (nSPS) is 16.8. The first-order valence-electron chi connectivity index (χ1n) is 18.1. The number of esters is 2. The second-order valence-electron chi connectivity index (χ2n) is 14.8. The van der Waals surface area contributed by atoms with Crippen LogP contribution in [0.4, 0.5) is 14.5 Å². The first kappa shape index (κ1) is 44.1. The molecule has 3 atom stereocenters. The van der Waals surface area contributed by atoms with Crippen molar-refractivity contribution in [2.45, 2.75) is 64.4 Å². The van der Waals surface area contributed by atoms with Crippen LogP contribution < -0.4 is 23.2 Å². The summed E-state index contributed by atoms with van der Waals surface area (Å²) < 4.78 is 79.8. The molecule has 3 aromatic rings. The van der Waals surface area contributed by atoms with Gasteiger partial charge in [-0.3, -0.25) is 18.6 Å². The summed E-state index contributed by atoms with van der Waals surface area (Å²) in [6, 6.07) is 7.24. The SMILES string of the molecule is COc1ccc(C(=O)OC(Cc2c(Cl)c[n+]([O-])cc2Cl)c2ccc(OC(F)F)c(OCC3CC3)c2)cc1N(CC(C(=O)OC(C)(C)C)N1CCN(C)CC1)S(=O)O. The van der Waals surface area contributed by atoms with Gasteiger partial charge in [0.15, 0.2) is 23.9 Å². The Balaban J connectivity index is 1.50. The number of pyridine rings is 1. The number of methoxy groups -OCH3 is 1. The molecule has 2 heterocycles. The number of hydrogen-bond donors (Lipinski definition) is 1. The summed E-state index contributed by atoms with van der Waals surface area (Å²) in [6.45, 7) is 4.29. The Morgan fingerprint density at radius 1 is 1.04 bits per heavy atom. The first-order valence-corrected chi connectivity index (χ1v) is 20.0. The number of likely N-dealkylation sites (N-methyl/N-ethyl adjacent to an activating group) is 1. The second-order valence-corrected chi connectivity index (χ2v) is 16.5. The molecular weight excluding hydrogens is 813 g/mol. The highest BCUT2D eigenvalue weighted by Gasteiger charge is 2.36. The largest absolute Gasteiger partial charge is 0.619 e. The van der Waals surface area contributed by atoms with Crippen LogP contribution in [0.3, 0.4) is 0 Å². The van der Waals surface area contributed by atoms with Crippen molar-refractivity contribution in [2.24, 2.45) is 5.92 Å². The molecule has 3 unspecified atom stereocenters. The fourth-order valence-corrected chi connectivity index (χ4v) is 7.29. The summed E-state index contributed by atoms with van der Waals surface area (Å²) in [5, 5.41) is 12.0. The number of carbonyl (C=O) groups is 2. The molecule has 1 N–H and O–H groups in total. The summed E-state index contributed by atoms with van der Waals surface area (Å²) in [5.41, 5.74) is -0.365. The van der Waals surface area contributed by atoms with E-state index in [1.807, 2.05) is 11.9 Å². The van der Waals surface area contributed by atoms with E-state index in [-0.39, 0.29) is 69.6 Å². The van der Waals surface area contributed by atoms with Crippen LogP contribution in [-0.2, 0) is 32.0 Å². The van der Waals surface area contributed by atoms with Crippen molar-refractivity contribution in [2.75, 3.05) is 57.8 Å². The number of ether oxygens (including phenoxy) is 5. The Kier molecular flexibility index (Phi) is 14.8. The van der Waals surface area contributed by atoms with Gasteiger partial charge in [-0.2, -0.15) is 13.5 Å². The number of rotatable bonds is 17. The van der Waals surface area contributed by atoms with Gasteiger partial charge < -0.3 is 33.8 Å². The third kappa shape index (κ3) is 12.3. The molecule has 2 aliphatic rings. The predicted molar refractivity (Wildman–Crippen MR) is 208 cm³/mol. The minimum absolute atomic E-state index is 0.00361. The van der Waals surface area contributed by atoms with Crippen LogP contribution in [0.2, 0.25) is 10.0 Å². The number of aromatic nitrogens is 1. The minimum Gasteiger partial charge on any atom is -0.619 e. The summed E-state index contributed by atoms with van der Waals surface area (Å²) in [6.07, 6.45) is 2.66. The maximum Gasteiger partial charge on any atom is 0.387 e. The zero-order valence-electron chi connectivity index (χ0n) is 32.1. The number of piperazine rings is 1. The first-order chi connectivity index (χ1) is 26.9. The van der Waals surface area contributed by atoms with Gasteiger partial charge in [-0.05, 0) is 82.5 Å². The third-order valence-corrected chi connectivity index (χ3v) is 10.7. The Morgan fingerprint density at radius 2 is 1.68 bits per heavy atom. The van der Waals surface area contributed by atoms with Crippen molar-refractivity contribution in [1.29, 1.82) is 0 Å². The number of carbonyl (C=O) groups excluding carboxylic acids is 2. The van der Waals surface area contributed by atoms with E-state index in [1.165, 1.54) is 43.5 Å². The van der Waals surface area contributed by atoms with Crippen molar-refractivity contribution in [3.05, 3.63) is 80.7 Å². The molecule has 312 valence electrons. The lowest BCUT2D eigenvalue weighted by Crippen LogP contribution is -2.56. The summed E-state index contributed by atoms with van der Waals surface area (Å²) in [7, 11) is 3.30. The van der Waals surface area contributed by atoms with Gasteiger partial charge in [-0.25, -0.2) is 9.00 Å². The molecule has 1 saturated heterocycles. The molecule has 14 nitrogen and oxygen atoms in total. The summed E-state index contributed by atoms with van der Waals surface area (Å²) >= 11 is 10.1. The van der Waals surface area contributed by atoms with Crippen molar-refractivity contribution < 1.29 is 55.5 Å². The van der Waals surface area contributed by atoms with Crippen LogP contribution in [0.1, 0.15) is 61.2 Å². The molecular formula is C38H46Cl2F2N4O10S. The molecule has 5 rings (SSSR count). The van der Waals surface area contributed by atoms with Gasteiger partial charge >= 0.3 is 18.6 Å². The van der Waals surface area contributed by atoms with E-state index < -0.39 is 47.6 Å². The van der Waals surface area contributed by atoms with Crippen molar-refractivity contribution in [3.8, 4) is 17.2 Å². The van der Waals surface area contributed by atoms with E-state index in [0.717, 1.165) is 29.5 Å². The van der Waals surface area contributed by atoms with Crippen LogP contribution >= 0.6 is 23.2 Å². The molecule has 1 saturated carbocycles. The molecule has 1 aromatic heterocycles. The van der Waals surface area contributed by atoms with E-state index in [1.54, 1.807) is 20.8 Å². The average molecular weight is 860 g/mol. The van der Waals surface area contributed by atoms with E-state index >= 15 is 0 Å². The van der Waals surface area contributed by atoms with Crippen LogP contribution in [0.5, 0.6) is 17.2 Å². The van der Waals surface area contributed by atoms with E-state index in [0.29, 0.717) is 36.5 Å². The molecule has 0 amide bonds. The molecule has 0 bridgehead atoms. The maximum absolute atomic E-state index is 14.1. The van der Waals surface area contributed by atoms with Crippen molar-refractivity contribution in [1.82, 2.24) is 9.80 Å². The smallest absolute Gasteiger partial charge is 0.387 e. The minimum atomic E-state index is -3.13. The number of nitrogens with zero attached hydrogens (tertiary/aromatic N) is 4. The number of anilines is 1. The lowest BCUT2D eigenvalue weighted by molar-refractivity contribution is -0.605. The zero-order valence-corrected chi connectivity index (χ0v) is 34.5. The monoisotopic (exact) mass is 858 g/mol. The van der Waals surface area contributed by atoms with Crippen LogP contribution in [0.15, 0.2) is 48.8 Å². The fourth-order valence-electron chi connectivity index (χ4n) is 6.12. The molecule has 1 aliphatic heterocycles. The van der Waals surface area contributed by atoms with Gasteiger partial charge in [-0.15, -0.1) is 0 Å². The fraction of sp³-hybridized carbons (Fsp3) is 0.500. The highest BCUT2D eigenvalue weighted by molar-refractivity contribution is 7.80. The molecule has 1 aliphatic carbocycles. The molecule has 57 heavy (non-hydrogen) atoms. The van der Waals surface area contributed by atoms with Crippen molar-refractivity contribution in [3.63, 3.8) is 0 Å². The maximum atomic E-state index is 14.1. The van der Waals surface area contributed by atoms with Gasteiger partial charge in [0.2, 0.25) is 0 Å². The average Bonchev–Trinajstić information content (AvgIpc) is 3.96. The lowest BCUT2D eigenvalue weighted by atomic mass is 10.0. The topological polar surface area (TPSA) is 154 Å². The Morgan fingerprint density at radius 3 is 2.26 bits per heavy atom. The van der Waals surface area contributed by atoms with Crippen LogP contribution in [0.25, 0.3) is 0 Å². The van der Waals surface area contributed by atoms with Gasteiger partial charge in [-0.1, -0.05) is 29.3 Å².